The molecule has 0 radical (unpaired) electrons. The Hall–Kier alpha value is -3.24. The lowest BCUT2D eigenvalue weighted by Crippen LogP contribution is -2.12. The fourth-order valence-corrected chi connectivity index (χ4v) is 1.94. The lowest BCUT2D eigenvalue weighted by atomic mass is 10.0. The highest BCUT2D eigenvalue weighted by Crippen LogP contribution is 2.12. The van der Waals surface area contributed by atoms with Crippen LogP contribution in [0.1, 0.15) is 53.4 Å². The predicted octanol–water partition coefficient (Wildman–Crippen LogP) is 3.84. The summed E-state index contributed by atoms with van der Waals surface area (Å²) >= 11 is 0. The normalized spacial score (nSPS) is 13.1. The van der Waals surface area contributed by atoms with Gasteiger partial charge in [-0.25, -0.2) is 14.4 Å². The van der Waals surface area contributed by atoms with Crippen LogP contribution in [0.5, 0.6) is 0 Å². The summed E-state index contributed by atoms with van der Waals surface area (Å²) in [6.45, 7) is 21.9. The molecule has 0 spiro atoms. The molecular formula is C27H44O10. The lowest BCUT2D eigenvalue weighted by Gasteiger charge is -2.13. The van der Waals surface area contributed by atoms with E-state index in [1.807, 2.05) is 0 Å². The molecule has 0 aromatic rings. The molecule has 10 heteroatoms. The van der Waals surface area contributed by atoms with Crippen molar-refractivity contribution in [2.24, 2.45) is 5.92 Å². The predicted molar refractivity (Wildman–Crippen MR) is 140 cm³/mol. The molecule has 212 valence electrons. The molecule has 1 saturated heterocycles. The zero-order chi connectivity index (χ0) is 29.1. The van der Waals surface area contributed by atoms with E-state index in [1.165, 1.54) is 25.8 Å². The molecule has 1 aliphatic heterocycles. The number of ether oxygens (including phenoxy) is 5. The van der Waals surface area contributed by atoms with Crippen LogP contribution in [0.25, 0.3) is 0 Å². The number of carbonyl (C=O) groups excluding carboxylic acids is 4. The van der Waals surface area contributed by atoms with E-state index in [4.69, 9.17) is 19.3 Å². The monoisotopic (exact) mass is 528 g/mol. The highest BCUT2D eigenvalue weighted by molar-refractivity contribution is 5.86. The van der Waals surface area contributed by atoms with Gasteiger partial charge in [0, 0.05) is 24.6 Å². The van der Waals surface area contributed by atoms with Crippen molar-refractivity contribution in [2.75, 3.05) is 33.0 Å². The number of rotatable bonds is 14. The molecular weight excluding hydrogens is 484 g/mol. The van der Waals surface area contributed by atoms with Crippen molar-refractivity contribution in [1.29, 1.82) is 0 Å². The summed E-state index contributed by atoms with van der Waals surface area (Å²) in [6, 6.07) is 0. The Bertz CT molecular complexity index is 695. The Morgan fingerprint density at radius 1 is 1.03 bits per heavy atom. The molecule has 1 heterocycles. The van der Waals surface area contributed by atoms with E-state index in [0.717, 1.165) is 25.2 Å². The maximum Gasteiger partial charge on any atom is 0.333 e. The largest absolute Gasteiger partial charge is 0.462 e. The van der Waals surface area contributed by atoms with Crippen molar-refractivity contribution in [3.63, 3.8) is 0 Å². The van der Waals surface area contributed by atoms with Crippen molar-refractivity contribution in [3.8, 4) is 0 Å². The molecule has 0 aliphatic carbocycles. The van der Waals surface area contributed by atoms with E-state index in [9.17, 15) is 19.2 Å². The number of aliphatic hydroxyl groups is 1. The Morgan fingerprint density at radius 3 is 1.95 bits per heavy atom. The number of epoxide rings is 1. The second-order valence-electron chi connectivity index (χ2n) is 7.46. The van der Waals surface area contributed by atoms with Crippen molar-refractivity contribution < 1.29 is 48.0 Å². The minimum absolute atomic E-state index is 0.0465. The van der Waals surface area contributed by atoms with E-state index in [2.05, 4.69) is 49.6 Å². The summed E-state index contributed by atoms with van der Waals surface area (Å²) in [5.41, 5.74) is 0.431. The fraction of sp³-hybridized carbons (Fsp3) is 0.556. The van der Waals surface area contributed by atoms with Crippen LogP contribution in [0.3, 0.4) is 0 Å². The first kappa shape index (κ1) is 38.3. The molecule has 1 rings (SSSR count). The minimum atomic E-state index is -0.501. The van der Waals surface area contributed by atoms with Gasteiger partial charge in [0.1, 0.15) is 19.3 Å². The summed E-state index contributed by atoms with van der Waals surface area (Å²) in [4.78, 5) is 41.3. The van der Waals surface area contributed by atoms with Gasteiger partial charge in [-0.05, 0) is 19.3 Å². The Kier molecular flexibility index (Phi) is 28.3. The summed E-state index contributed by atoms with van der Waals surface area (Å²) in [6.07, 6.45) is 8.14. The summed E-state index contributed by atoms with van der Waals surface area (Å²) in [5.74, 6) is -0.960. The van der Waals surface area contributed by atoms with Crippen molar-refractivity contribution in [2.45, 2.75) is 59.5 Å². The summed E-state index contributed by atoms with van der Waals surface area (Å²) < 4.78 is 23.1. The van der Waals surface area contributed by atoms with Crippen molar-refractivity contribution in [1.82, 2.24) is 0 Å². The molecule has 1 aliphatic rings. The van der Waals surface area contributed by atoms with Gasteiger partial charge in [-0.15, -0.1) is 0 Å². The van der Waals surface area contributed by atoms with Gasteiger partial charge in [0.15, 0.2) is 0 Å². The Balaban J connectivity index is -0.000000433. The van der Waals surface area contributed by atoms with Gasteiger partial charge >= 0.3 is 23.9 Å². The molecule has 1 N–H and O–H groups in total. The van der Waals surface area contributed by atoms with E-state index in [1.54, 1.807) is 6.92 Å². The van der Waals surface area contributed by atoms with Crippen LogP contribution in [-0.2, 0) is 42.9 Å². The smallest absolute Gasteiger partial charge is 0.333 e. The Morgan fingerprint density at radius 2 is 1.59 bits per heavy atom. The first-order valence-corrected chi connectivity index (χ1v) is 11.9. The van der Waals surface area contributed by atoms with Gasteiger partial charge in [0.2, 0.25) is 0 Å². The van der Waals surface area contributed by atoms with Crippen LogP contribution >= 0.6 is 0 Å². The van der Waals surface area contributed by atoms with Crippen LogP contribution in [0.4, 0.5) is 0 Å². The fourth-order valence-electron chi connectivity index (χ4n) is 1.94. The maximum absolute atomic E-state index is 10.8. The quantitative estimate of drug-likeness (QED) is 0.116. The molecule has 2 atom stereocenters. The minimum Gasteiger partial charge on any atom is -0.462 e. The zero-order valence-corrected chi connectivity index (χ0v) is 22.7. The number of aliphatic hydroxyl groups excluding tert-OH is 1. The third-order valence-electron chi connectivity index (χ3n) is 4.07. The van der Waals surface area contributed by atoms with Crippen LogP contribution in [0.2, 0.25) is 0 Å². The third kappa shape index (κ3) is 32.8. The Labute approximate surface area is 220 Å². The summed E-state index contributed by atoms with van der Waals surface area (Å²) in [5, 5.41) is 8.10. The van der Waals surface area contributed by atoms with Gasteiger partial charge in [0.05, 0.1) is 26.1 Å². The highest BCUT2D eigenvalue weighted by Gasteiger charge is 2.24. The van der Waals surface area contributed by atoms with Crippen LogP contribution in [0.15, 0.2) is 50.3 Å². The molecule has 10 nitrogen and oxygen atoms in total. The number of unbranched alkanes of at least 4 members (excludes halogenated alkanes) is 1. The number of hydrogen-bond donors (Lipinski definition) is 1. The molecule has 1 fully saturated rings. The molecule has 0 bridgehead atoms. The van der Waals surface area contributed by atoms with E-state index in [0.29, 0.717) is 31.3 Å². The van der Waals surface area contributed by atoms with E-state index in [-0.39, 0.29) is 37.2 Å². The molecule has 0 aromatic carbocycles. The molecule has 0 saturated carbocycles. The number of esters is 4. The van der Waals surface area contributed by atoms with Gasteiger partial charge in [-0.1, -0.05) is 59.4 Å². The average molecular weight is 529 g/mol. The summed E-state index contributed by atoms with van der Waals surface area (Å²) in [7, 11) is 0. The van der Waals surface area contributed by atoms with E-state index < -0.39 is 5.97 Å². The molecule has 2 unspecified atom stereocenters. The lowest BCUT2D eigenvalue weighted by molar-refractivity contribution is -0.140. The second-order valence-corrected chi connectivity index (χ2v) is 7.46. The van der Waals surface area contributed by atoms with Gasteiger partial charge in [0.25, 0.3) is 0 Å². The molecule has 0 aromatic heterocycles. The third-order valence-corrected chi connectivity index (χ3v) is 4.07. The zero-order valence-electron chi connectivity index (χ0n) is 22.7. The van der Waals surface area contributed by atoms with Crippen LogP contribution in [0, 0.1) is 5.92 Å². The average Bonchev–Trinajstić information content (AvgIpc) is 3.71. The molecule has 37 heavy (non-hydrogen) atoms. The first-order valence-electron chi connectivity index (χ1n) is 11.9. The molecule has 0 amide bonds. The van der Waals surface area contributed by atoms with E-state index >= 15 is 0 Å². The van der Waals surface area contributed by atoms with Gasteiger partial charge < -0.3 is 28.8 Å². The SMILES string of the molecule is C=C(C)C(=O)OCC1CO1.C=CC(=O)OCC(CC)CCCC.C=CC(=O)OCCO.C=COC(C)=O. The topological polar surface area (TPSA) is 138 Å². The van der Waals surface area contributed by atoms with Gasteiger partial charge in [-0.3, -0.25) is 4.79 Å². The second kappa shape index (κ2) is 27.3. The van der Waals surface area contributed by atoms with Crippen molar-refractivity contribution in [3.05, 3.63) is 50.3 Å². The van der Waals surface area contributed by atoms with Crippen LogP contribution < -0.4 is 0 Å². The van der Waals surface area contributed by atoms with Gasteiger partial charge in [-0.2, -0.15) is 0 Å². The number of hydrogen-bond acceptors (Lipinski definition) is 10. The highest BCUT2D eigenvalue weighted by atomic mass is 16.6. The first-order chi connectivity index (χ1) is 17.5. The maximum atomic E-state index is 10.8. The van der Waals surface area contributed by atoms with Crippen molar-refractivity contribution >= 4 is 23.9 Å². The standard InChI is InChI=1S/C11H20O2.C7H10O3.C5H8O3.C4H6O2/c1-4-7-8-10(5-2)9-13-11(12)6-3;1-5(2)7(8)10-4-6-3-9-6;1-2-5(7)8-4-3-6;1-3-6-4(2)5/h6,10H,3-5,7-9H2,1-2H3;6H,1,3-4H2,2H3;2,6H,1,3-4H2;3H,1H2,2H3. The van der Waals surface area contributed by atoms with Crippen LogP contribution in [-0.4, -0.2) is 68.1 Å². The number of carbonyl (C=O) groups is 4.